The van der Waals surface area contributed by atoms with Gasteiger partial charge in [-0.1, -0.05) is 29.0 Å². The third-order valence-corrected chi connectivity index (χ3v) is 5.97. The first-order valence-corrected chi connectivity index (χ1v) is 9.66. The highest BCUT2D eigenvalue weighted by atomic mass is 32.2. The first-order valence-electron chi connectivity index (χ1n) is 8.85. The molecule has 2 unspecified atom stereocenters. The van der Waals surface area contributed by atoms with Crippen molar-refractivity contribution in [2.75, 3.05) is 13.7 Å². The van der Waals surface area contributed by atoms with Gasteiger partial charge in [-0.3, -0.25) is 0 Å². The second-order valence-corrected chi connectivity index (χ2v) is 7.62. The second-order valence-electron chi connectivity index (χ2n) is 6.54. The minimum atomic E-state index is -1.00. The van der Waals surface area contributed by atoms with E-state index in [2.05, 4.69) is 0 Å². The van der Waals surface area contributed by atoms with Gasteiger partial charge < -0.3 is 14.3 Å². The number of halogens is 1. The monoisotopic (exact) mass is 403 g/mol. The Morgan fingerprint density at radius 3 is 2.68 bits per heavy atom. The molecule has 0 radical (unpaired) electrons. The first-order chi connectivity index (χ1) is 13.5. The number of esters is 1. The smallest absolute Gasteiger partial charge is 0.436 e. The lowest BCUT2D eigenvalue weighted by Gasteiger charge is -2.39. The van der Waals surface area contributed by atoms with E-state index in [0.29, 0.717) is 24.3 Å². The summed E-state index contributed by atoms with van der Waals surface area (Å²) in [4.78, 5) is 29.3. The van der Waals surface area contributed by atoms with Crippen molar-refractivity contribution in [1.82, 2.24) is 5.06 Å². The number of carbonyl (C=O) groups excluding carboxylic acids is 2. The molecule has 2 aromatic rings. The fourth-order valence-corrected chi connectivity index (χ4v) is 4.46. The Morgan fingerprint density at radius 1 is 1.14 bits per heavy atom. The molecule has 2 aromatic carbocycles. The third kappa shape index (κ3) is 3.70. The van der Waals surface area contributed by atoms with E-state index < -0.39 is 18.2 Å². The molecule has 0 aromatic heterocycles. The second kappa shape index (κ2) is 7.81. The van der Waals surface area contributed by atoms with Crippen molar-refractivity contribution in [3.8, 4) is 5.75 Å². The molecule has 2 aliphatic rings. The van der Waals surface area contributed by atoms with E-state index in [1.54, 1.807) is 13.2 Å². The van der Waals surface area contributed by atoms with Crippen LogP contribution in [0, 0.1) is 5.82 Å². The molecule has 6 nitrogen and oxygen atoms in total. The zero-order valence-corrected chi connectivity index (χ0v) is 15.9. The Kier molecular flexibility index (Phi) is 5.23. The first kappa shape index (κ1) is 18.8. The lowest BCUT2D eigenvalue weighted by atomic mass is 9.89. The number of rotatable bonds is 4. The van der Waals surface area contributed by atoms with Gasteiger partial charge in [0.2, 0.25) is 0 Å². The summed E-state index contributed by atoms with van der Waals surface area (Å²) in [5.41, 5.74) is 0.855. The average Bonchev–Trinajstić information content (AvgIpc) is 2.70. The molecule has 2 aliphatic heterocycles. The third-order valence-electron chi connectivity index (χ3n) is 4.83. The maximum atomic E-state index is 14.7. The Hall–Kier alpha value is -2.58. The number of carbonyl (C=O) groups is 2. The average molecular weight is 403 g/mol. The van der Waals surface area contributed by atoms with Crippen LogP contribution in [-0.4, -0.2) is 36.9 Å². The quantitative estimate of drug-likeness (QED) is 0.572. The lowest BCUT2D eigenvalue weighted by Crippen LogP contribution is -2.51. The van der Waals surface area contributed by atoms with Crippen LogP contribution in [0.25, 0.3) is 0 Å². The van der Waals surface area contributed by atoms with Crippen molar-refractivity contribution in [2.45, 2.75) is 34.8 Å². The largest absolute Gasteiger partial charge is 0.497 e. The van der Waals surface area contributed by atoms with E-state index in [1.165, 1.54) is 22.9 Å². The highest BCUT2D eigenvalue weighted by Gasteiger charge is 2.41. The molecule has 2 saturated heterocycles. The van der Waals surface area contributed by atoms with Gasteiger partial charge in [-0.15, -0.1) is 0 Å². The van der Waals surface area contributed by atoms with E-state index in [9.17, 15) is 14.0 Å². The van der Waals surface area contributed by atoms with E-state index in [-0.39, 0.29) is 11.7 Å². The zero-order chi connectivity index (χ0) is 19.7. The fraction of sp³-hybridized carbons (Fsp3) is 0.300. The minimum absolute atomic E-state index is 0.0256. The lowest BCUT2D eigenvalue weighted by molar-refractivity contribution is -0.275. The van der Waals surface area contributed by atoms with Gasteiger partial charge in [0.05, 0.1) is 12.0 Å². The molecule has 0 bridgehead atoms. The maximum absolute atomic E-state index is 14.7. The SMILES string of the molecule is COc1ccc(Sc2c(F)cccc2C2CCN3OC(=O)C(=O)OC3C2)cc1. The van der Waals surface area contributed by atoms with Gasteiger partial charge in [0.15, 0.2) is 6.23 Å². The van der Waals surface area contributed by atoms with E-state index in [0.717, 1.165) is 16.2 Å². The van der Waals surface area contributed by atoms with Gasteiger partial charge in [0.1, 0.15) is 11.6 Å². The summed E-state index contributed by atoms with van der Waals surface area (Å²) in [6.07, 6.45) is 0.436. The van der Waals surface area contributed by atoms with Crippen LogP contribution in [0.5, 0.6) is 5.75 Å². The highest BCUT2D eigenvalue weighted by molar-refractivity contribution is 7.99. The number of piperidine rings is 1. The van der Waals surface area contributed by atoms with Gasteiger partial charge in [0.25, 0.3) is 0 Å². The summed E-state index contributed by atoms with van der Waals surface area (Å²) in [6.45, 7) is 0.414. The van der Waals surface area contributed by atoms with Crippen LogP contribution in [0.2, 0.25) is 0 Å². The van der Waals surface area contributed by atoms with E-state index in [4.69, 9.17) is 14.3 Å². The van der Waals surface area contributed by atoms with Crippen LogP contribution in [0.1, 0.15) is 24.3 Å². The van der Waals surface area contributed by atoms with Gasteiger partial charge in [0, 0.05) is 17.9 Å². The van der Waals surface area contributed by atoms with Gasteiger partial charge in [-0.2, -0.15) is 0 Å². The molecule has 0 aliphatic carbocycles. The van der Waals surface area contributed by atoms with Crippen molar-refractivity contribution >= 4 is 23.7 Å². The zero-order valence-electron chi connectivity index (χ0n) is 15.1. The molecule has 0 saturated carbocycles. The van der Waals surface area contributed by atoms with Crippen molar-refractivity contribution < 1.29 is 28.3 Å². The minimum Gasteiger partial charge on any atom is -0.497 e. The number of hydrogen-bond acceptors (Lipinski definition) is 7. The van der Waals surface area contributed by atoms with Crippen molar-refractivity contribution in [3.63, 3.8) is 0 Å². The maximum Gasteiger partial charge on any atom is 0.436 e. The number of nitrogens with zero attached hydrogens (tertiary/aromatic N) is 1. The molecule has 0 amide bonds. The Morgan fingerprint density at radius 2 is 1.93 bits per heavy atom. The molecule has 8 heteroatoms. The van der Waals surface area contributed by atoms with Crippen LogP contribution in [0.4, 0.5) is 4.39 Å². The fourth-order valence-electron chi connectivity index (χ4n) is 3.43. The van der Waals surface area contributed by atoms with E-state index in [1.807, 2.05) is 30.3 Å². The summed E-state index contributed by atoms with van der Waals surface area (Å²) >= 11 is 1.35. The predicted octanol–water partition coefficient (Wildman–Crippen LogP) is 3.51. The van der Waals surface area contributed by atoms with Gasteiger partial charge >= 0.3 is 11.9 Å². The topological polar surface area (TPSA) is 65.1 Å². The number of ether oxygens (including phenoxy) is 2. The number of hydroxylamine groups is 2. The van der Waals surface area contributed by atoms with Crippen LogP contribution in [0.15, 0.2) is 52.3 Å². The number of methoxy groups -OCH3 is 1. The number of benzene rings is 2. The standard InChI is InChI=1S/C20H18FNO5S/c1-25-13-5-7-14(8-6-13)28-18-15(3-2-4-16(18)21)12-9-10-22-17(11-12)26-19(23)20(24)27-22/h2-8,12,17H,9-11H2,1H3. The Balaban J connectivity index is 1.57. The van der Waals surface area contributed by atoms with Gasteiger partial charge in [-0.25, -0.2) is 14.0 Å². The Bertz CT molecular complexity index is 904. The van der Waals surface area contributed by atoms with Crippen LogP contribution in [-0.2, 0) is 19.2 Å². The summed E-state index contributed by atoms with van der Waals surface area (Å²) in [5.74, 6) is -1.58. The van der Waals surface area contributed by atoms with Crippen LogP contribution < -0.4 is 4.74 Å². The highest BCUT2D eigenvalue weighted by Crippen LogP contribution is 2.41. The molecule has 146 valence electrons. The summed E-state index contributed by atoms with van der Waals surface area (Å²) in [5, 5.41) is 1.38. The molecule has 2 atom stereocenters. The number of fused-ring (bicyclic) bond motifs is 1. The van der Waals surface area contributed by atoms with E-state index >= 15 is 0 Å². The molecule has 28 heavy (non-hydrogen) atoms. The van der Waals surface area contributed by atoms with Gasteiger partial charge in [-0.05, 0) is 48.2 Å². The molecule has 0 spiro atoms. The molecule has 4 rings (SSSR count). The van der Waals surface area contributed by atoms with Crippen molar-refractivity contribution in [2.24, 2.45) is 0 Å². The van der Waals surface area contributed by atoms with Crippen molar-refractivity contribution in [1.29, 1.82) is 0 Å². The number of hydrogen-bond donors (Lipinski definition) is 0. The summed E-state index contributed by atoms with van der Waals surface area (Å²) in [6, 6.07) is 12.4. The van der Waals surface area contributed by atoms with Crippen LogP contribution >= 0.6 is 11.8 Å². The molecule has 2 fully saturated rings. The Labute approximate surface area is 165 Å². The van der Waals surface area contributed by atoms with Crippen LogP contribution in [0.3, 0.4) is 0 Å². The predicted molar refractivity (Wildman–Crippen MR) is 98.2 cm³/mol. The summed E-state index contributed by atoms with van der Waals surface area (Å²) in [7, 11) is 1.60. The molecule has 0 N–H and O–H groups in total. The molecular weight excluding hydrogens is 385 g/mol. The molecule has 2 heterocycles. The summed E-state index contributed by atoms with van der Waals surface area (Å²) < 4.78 is 25.0. The molecular formula is C20H18FNO5S. The van der Waals surface area contributed by atoms with Crippen molar-refractivity contribution in [3.05, 3.63) is 53.8 Å². The normalized spacial score (nSPS) is 22.2.